The molecule has 2 atom stereocenters. The van der Waals surface area contributed by atoms with Crippen LogP contribution in [0.15, 0.2) is 72.4 Å². The number of benzene rings is 2. The fraction of sp³-hybridized carbons (Fsp3) is 0.250. The summed E-state index contributed by atoms with van der Waals surface area (Å²) in [5.41, 5.74) is 0.291. The summed E-state index contributed by atoms with van der Waals surface area (Å²) in [5.74, 6) is -1.17. The molecule has 2 unspecified atom stereocenters. The van der Waals surface area contributed by atoms with Crippen LogP contribution < -0.4 is 10.6 Å². The number of carbonyl (C=O) groups is 1. The number of alkyl halides is 3. The van der Waals surface area contributed by atoms with E-state index in [1.807, 2.05) is 6.07 Å². The highest BCUT2D eigenvalue weighted by Crippen LogP contribution is 2.26. The molecule has 0 aliphatic rings. The van der Waals surface area contributed by atoms with Crippen molar-refractivity contribution in [3.63, 3.8) is 0 Å². The Hall–Kier alpha value is -2.76. The minimum absolute atomic E-state index is 0.368. The molecule has 0 aliphatic carbocycles. The molecule has 138 valence electrons. The first kappa shape index (κ1) is 19.6. The minimum Gasteiger partial charge on any atom is -0.384 e. The molecule has 2 rings (SSSR count). The van der Waals surface area contributed by atoms with Crippen LogP contribution in [-0.4, -0.2) is 12.1 Å². The van der Waals surface area contributed by atoms with E-state index in [9.17, 15) is 18.0 Å². The van der Waals surface area contributed by atoms with Crippen LogP contribution in [0, 0.1) is 0 Å². The zero-order valence-electron chi connectivity index (χ0n) is 14.5. The molecule has 6 heteroatoms. The summed E-state index contributed by atoms with van der Waals surface area (Å²) in [4.78, 5) is 12.2. The van der Waals surface area contributed by atoms with Gasteiger partial charge in [-0.15, -0.1) is 0 Å². The molecule has 2 aromatic rings. The highest BCUT2D eigenvalue weighted by molar-refractivity contribution is 5.94. The Morgan fingerprint density at radius 2 is 1.35 bits per heavy atom. The first-order valence-electron chi connectivity index (χ1n) is 8.23. The second kappa shape index (κ2) is 8.56. The summed E-state index contributed by atoms with van der Waals surface area (Å²) < 4.78 is 39.9. The van der Waals surface area contributed by atoms with Gasteiger partial charge in [0.1, 0.15) is 5.57 Å². The first-order valence-corrected chi connectivity index (χ1v) is 8.23. The largest absolute Gasteiger partial charge is 0.423 e. The molecule has 0 radical (unpaired) electrons. The van der Waals surface area contributed by atoms with Crippen molar-refractivity contribution in [2.24, 2.45) is 0 Å². The number of amides is 1. The SMILES string of the molecule is CC(N/C=C(/C(=O)NC(C)c1ccccc1)C(F)(F)F)c1ccccc1. The Morgan fingerprint density at radius 3 is 1.81 bits per heavy atom. The fourth-order valence-corrected chi connectivity index (χ4v) is 2.42. The van der Waals surface area contributed by atoms with Gasteiger partial charge in [-0.2, -0.15) is 13.2 Å². The normalized spacial score (nSPS) is 14.4. The molecular weight excluding hydrogens is 341 g/mol. The molecule has 2 aromatic carbocycles. The highest BCUT2D eigenvalue weighted by Gasteiger charge is 2.39. The van der Waals surface area contributed by atoms with E-state index in [-0.39, 0.29) is 6.04 Å². The molecule has 2 N–H and O–H groups in total. The first-order chi connectivity index (χ1) is 12.3. The second-order valence-corrected chi connectivity index (χ2v) is 5.96. The lowest BCUT2D eigenvalue weighted by molar-refractivity contribution is -0.131. The highest BCUT2D eigenvalue weighted by atomic mass is 19.4. The van der Waals surface area contributed by atoms with Gasteiger partial charge in [0.15, 0.2) is 0 Å². The molecule has 0 aromatic heterocycles. The van der Waals surface area contributed by atoms with Crippen LogP contribution in [0.25, 0.3) is 0 Å². The molecule has 1 amide bonds. The lowest BCUT2D eigenvalue weighted by Gasteiger charge is -2.19. The van der Waals surface area contributed by atoms with Crippen molar-refractivity contribution >= 4 is 5.91 Å². The van der Waals surface area contributed by atoms with Crippen molar-refractivity contribution in [2.75, 3.05) is 0 Å². The predicted octanol–water partition coefficient (Wildman–Crippen LogP) is 4.66. The lowest BCUT2D eigenvalue weighted by Crippen LogP contribution is -2.34. The average molecular weight is 362 g/mol. The number of halogens is 3. The maximum absolute atomic E-state index is 13.3. The van der Waals surface area contributed by atoms with Crippen molar-refractivity contribution in [1.29, 1.82) is 0 Å². The average Bonchev–Trinajstić information content (AvgIpc) is 2.62. The molecule has 0 fully saturated rings. The molecular formula is C20H21F3N2O. The van der Waals surface area contributed by atoms with Gasteiger partial charge >= 0.3 is 6.18 Å². The van der Waals surface area contributed by atoms with Crippen LogP contribution in [0.4, 0.5) is 13.2 Å². The maximum atomic E-state index is 13.3. The second-order valence-electron chi connectivity index (χ2n) is 5.96. The molecule has 0 saturated heterocycles. The summed E-state index contributed by atoms with van der Waals surface area (Å²) in [6, 6.07) is 16.9. The molecule has 26 heavy (non-hydrogen) atoms. The monoisotopic (exact) mass is 362 g/mol. The van der Waals surface area contributed by atoms with Crippen molar-refractivity contribution in [2.45, 2.75) is 32.1 Å². The summed E-state index contributed by atoms with van der Waals surface area (Å²) in [6.07, 6.45) is -4.02. The number of rotatable bonds is 6. The van der Waals surface area contributed by atoms with Crippen LogP contribution in [-0.2, 0) is 4.79 Å². The topological polar surface area (TPSA) is 41.1 Å². The summed E-state index contributed by atoms with van der Waals surface area (Å²) in [7, 11) is 0. The predicted molar refractivity (Wildman–Crippen MR) is 95.1 cm³/mol. The van der Waals surface area contributed by atoms with Gasteiger partial charge in [0, 0.05) is 12.2 Å². The van der Waals surface area contributed by atoms with E-state index in [2.05, 4.69) is 10.6 Å². The Bertz CT molecular complexity index is 743. The van der Waals surface area contributed by atoms with E-state index in [1.165, 1.54) is 0 Å². The quantitative estimate of drug-likeness (QED) is 0.734. The van der Waals surface area contributed by atoms with E-state index in [0.717, 1.165) is 17.3 Å². The summed E-state index contributed by atoms with van der Waals surface area (Å²) >= 11 is 0. The van der Waals surface area contributed by atoms with Crippen molar-refractivity contribution in [3.05, 3.63) is 83.6 Å². The Kier molecular flexibility index (Phi) is 6.44. The van der Waals surface area contributed by atoms with E-state index in [0.29, 0.717) is 0 Å². The van der Waals surface area contributed by atoms with E-state index in [1.54, 1.807) is 68.4 Å². The third-order valence-corrected chi connectivity index (χ3v) is 3.97. The molecule has 0 bridgehead atoms. The van der Waals surface area contributed by atoms with Gasteiger partial charge in [0.05, 0.1) is 6.04 Å². The molecule has 0 spiro atoms. The van der Waals surface area contributed by atoms with Crippen molar-refractivity contribution < 1.29 is 18.0 Å². The van der Waals surface area contributed by atoms with Crippen molar-refractivity contribution in [3.8, 4) is 0 Å². The van der Waals surface area contributed by atoms with Gasteiger partial charge < -0.3 is 10.6 Å². The van der Waals surface area contributed by atoms with Gasteiger partial charge in [0.2, 0.25) is 0 Å². The Morgan fingerprint density at radius 1 is 0.885 bits per heavy atom. The van der Waals surface area contributed by atoms with Crippen LogP contribution in [0.1, 0.15) is 37.1 Å². The van der Waals surface area contributed by atoms with Crippen LogP contribution in [0.3, 0.4) is 0 Å². The van der Waals surface area contributed by atoms with Crippen molar-refractivity contribution in [1.82, 2.24) is 10.6 Å². The van der Waals surface area contributed by atoms with E-state index >= 15 is 0 Å². The zero-order valence-corrected chi connectivity index (χ0v) is 14.5. The Balaban J connectivity index is 2.12. The summed E-state index contributed by atoms with van der Waals surface area (Å²) in [6.45, 7) is 3.37. The standard InChI is InChI=1S/C20H21F3N2O/c1-14(16-9-5-3-6-10-16)24-13-18(20(21,22)23)19(26)25-15(2)17-11-7-4-8-12-17/h3-15,24H,1-2H3,(H,25,26)/b18-13-. The third kappa shape index (κ3) is 5.37. The number of nitrogens with one attached hydrogen (secondary N) is 2. The zero-order chi connectivity index (χ0) is 19.2. The van der Waals surface area contributed by atoms with Gasteiger partial charge in [-0.05, 0) is 25.0 Å². The third-order valence-electron chi connectivity index (χ3n) is 3.97. The van der Waals surface area contributed by atoms with E-state index in [4.69, 9.17) is 0 Å². The number of hydrogen-bond acceptors (Lipinski definition) is 2. The van der Waals surface area contributed by atoms with Gasteiger partial charge in [-0.25, -0.2) is 0 Å². The Labute approximate surface area is 150 Å². The smallest absolute Gasteiger partial charge is 0.384 e. The lowest BCUT2D eigenvalue weighted by atomic mass is 10.1. The fourth-order valence-electron chi connectivity index (χ4n) is 2.42. The summed E-state index contributed by atoms with van der Waals surface area (Å²) in [5, 5.41) is 5.06. The van der Waals surface area contributed by atoms with Crippen LogP contribution >= 0.6 is 0 Å². The number of carbonyl (C=O) groups excluding carboxylic acids is 1. The molecule has 0 saturated carbocycles. The van der Waals surface area contributed by atoms with Crippen LogP contribution in [0.2, 0.25) is 0 Å². The molecule has 0 aliphatic heterocycles. The van der Waals surface area contributed by atoms with Gasteiger partial charge in [0.25, 0.3) is 5.91 Å². The number of hydrogen-bond donors (Lipinski definition) is 2. The maximum Gasteiger partial charge on any atom is 0.423 e. The molecule has 0 heterocycles. The van der Waals surface area contributed by atoms with Crippen LogP contribution in [0.5, 0.6) is 0 Å². The minimum atomic E-state index is -4.76. The van der Waals surface area contributed by atoms with E-state index < -0.39 is 23.7 Å². The molecule has 3 nitrogen and oxygen atoms in total. The van der Waals surface area contributed by atoms with Gasteiger partial charge in [-0.1, -0.05) is 60.7 Å². The van der Waals surface area contributed by atoms with Gasteiger partial charge in [-0.3, -0.25) is 4.79 Å².